The maximum atomic E-state index is 14.2. The summed E-state index contributed by atoms with van der Waals surface area (Å²) < 4.78 is 30.1. The molecule has 4 rings (SSSR count). The molecule has 0 aliphatic heterocycles. The second kappa shape index (κ2) is 2.73. The van der Waals surface area contributed by atoms with E-state index < -0.39 is 11.8 Å². The Labute approximate surface area is 99.0 Å². The maximum Gasteiger partial charge on any atom is 0.293 e. The van der Waals surface area contributed by atoms with Gasteiger partial charge in [0.15, 0.2) is 0 Å². The van der Waals surface area contributed by atoms with Crippen LogP contribution in [0.25, 0.3) is 0 Å². The minimum Gasteiger partial charge on any atom is -0.260 e. The average Bonchev–Trinajstić information content (AvgIpc) is 3.13. The summed E-state index contributed by atoms with van der Waals surface area (Å²) in [4.78, 5) is 0. The zero-order chi connectivity index (χ0) is 11.9. The number of halogens is 2. The molecule has 1 heterocycles. The van der Waals surface area contributed by atoms with Crippen LogP contribution in [0, 0.1) is 5.92 Å². The van der Waals surface area contributed by atoms with Gasteiger partial charge in [-0.25, -0.2) is 0 Å². The lowest BCUT2D eigenvalue weighted by atomic mass is 10.1. The van der Waals surface area contributed by atoms with Gasteiger partial charge in [0.05, 0.1) is 5.69 Å². The Morgan fingerprint density at radius 3 is 2.65 bits per heavy atom. The third-order valence-corrected chi connectivity index (χ3v) is 4.37. The van der Waals surface area contributed by atoms with Gasteiger partial charge in [0.1, 0.15) is 5.69 Å². The minimum atomic E-state index is -2.63. The third kappa shape index (κ3) is 1.11. The van der Waals surface area contributed by atoms with E-state index >= 15 is 0 Å². The predicted molar refractivity (Wildman–Crippen MR) is 59.3 cm³/mol. The van der Waals surface area contributed by atoms with E-state index in [1.165, 1.54) is 0 Å². The van der Waals surface area contributed by atoms with Crippen LogP contribution in [0.4, 0.5) is 8.78 Å². The van der Waals surface area contributed by atoms with Crippen LogP contribution < -0.4 is 0 Å². The van der Waals surface area contributed by atoms with E-state index in [-0.39, 0.29) is 17.7 Å². The van der Waals surface area contributed by atoms with Gasteiger partial charge in [0.25, 0.3) is 5.92 Å². The first-order chi connectivity index (χ1) is 8.01. The molecule has 17 heavy (non-hydrogen) atoms. The molecule has 0 amide bonds. The van der Waals surface area contributed by atoms with Crippen molar-refractivity contribution in [1.29, 1.82) is 0 Å². The van der Waals surface area contributed by atoms with Gasteiger partial charge in [-0.1, -0.05) is 0 Å². The van der Waals surface area contributed by atoms with Gasteiger partial charge in [-0.05, 0) is 39.0 Å². The van der Waals surface area contributed by atoms with Crippen LogP contribution >= 0.6 is 0 Å². The van der Waals surface area contributed by atoms with Crippen molar-refractivity contribution in [3.05, 3.63) is 17.0 Å². The van der Waals surface area contributed by atoms with Crippen LogP contribution in [0.15, 0.2) is 0 Å². The van der Waals surface area contributed by atoms with Gasteiger partial charge in [0.2, 0.25) is 0 Å². The molecule has 0 N–H and O–H groups in total. The van der Waals surface area contributed by atoms with E-state index in [1.54, 1.807) is 4.68 Å². The minimum absolute atomic E-state index is 0.0274. The number of alkyl halides is 2. The smallest absolute Gasteiger partial charge is 0.260 e. The molecular formula is C13H16F2N2. The maximum absolute atomic E-state index is 14.2. The second-order valence-corrected chi connectivity index (χ2v) is 6.03. The molecular weight excluding hydrogens is 222 g/mol. The number of rotatable bonds is 2. The normalized spacial score (nSPS) is 32.8. The van der Waals surface area contributed by atoms with E-state index in [4.69, 9.17) is 0 Å². The van der Waals surface area contributed by atoms with Gasteiger partial charge < -0.3 is 0 Å². The van der Waals surface area contributed by atoms with E-state index in [1.807, 2.05) is 13.8 Å². The molecule has 2 saturated carbocycles. The molecule has 2 nitrogen and oxygen atoms in total. The highest BCUT2D eigenvalue weighted by atomic mass is 19.3. The molecule has 0 spiro atoms. The van der Waals surface area contributed by atoms with Crippen molar-refractivity contribution >= 4 is 0 Å². The summed E-state index contributed by atoms with van der Waals surface area (Å²) >= 11 is 0. The summed E-state index contributed by atoms with van der Waals surface area (Å²) in [6, 6.07) is 0.0274. The Morgan fingerprint density at radius 1 is 1.35 bits per heavy atom. The molecule has 0 saturated heterocycles. The molecule has 0 radical (unpaired) electrons. The quantitative estimate of drug-likeness (QED) is 0.770. The fraction of sp³-hybridized carbons (Fsp3) is 0.769. The SMILES string of the molecule is CC(C)n1nc(C2CC2)c2c1C(F)(F)[C@H]1C[C@@H]21. The fourth-order valence-electron chi connectivity index (χ4n) is 3.28. The van der Waals surface area contributed by atoms with Crippen LogP contribution in [0.1, 0.15) is 67.9 Å². The van der Waals surface area contributed by atoms with Gasteiger partial charge in [0, 0.05) is 23.4 Å². The van der Waals surface area contributed by atoms with Gasteiger partial charge >= 0.3 is 0 Å². The van der Waals surface area contributed by atoms with Crippen LogP contribution in [0.5, 0.6) is 0 Å². The van der Waals surface area contributed by atoms with Gasteiger partial charge in [-0.2, -0.15) is 13.9 Å². The first-order valence-electron chi connectivity index (χ1n) is 6.52. The molecule has 1 aromatic rings. The third-order valence-electron chi connectivity index (χ3n) is 4.37. The lowest BCUT2D eigenvalue weighted by Gasteiger charge is -2.17. The summed E-state index contributed by atoms with van der Waals surface area (Å²) in [6.45, 7) is 3.87. The monoisotopic (exact) mass is 238 g/mol. The fourth-order valence-corrected chi connectivity index (χ4v) is 3.28. The predicted octanol–water partition coefficient (Wildman–Crippen LogP) is 3.55. The molecule has 0 aromatic carbocycles. The Kier molecular flexibility index (Phi) is 1.61. The average molecular weight is 238 g/mol. The molecule has 0 unspecified atom stereocenters. The number of hydrogen-bond acceptors (Lipinski definition) is 1. The van der Waals surface area contributed by atoms with E-state index in [0.29, 0.717) is 12.3 Å². The zero-order valence-electron chi connectivity index (χ0n) is 10.1. The summed E-state index contributed by atoms with van der Waals surface area (Å²) in [5.41, 5.74) is 2.17. The summed E-state index contributed by atoms with van der Waals surface area (Å²) in [6.07, 6.45) is 2.93. The molecule has 2 atom stereocenters. The largest absolute Gasteiger partial charge is 0.293 e. The highest BCUT2D eigenvalue weighted by molar-refractivity contribution is 5.48. The van der Waals surface area contributed by atoms with Crippen molar-refractivity contribution in [2.45, 2.75) is 56.9 Å². The molecule has 92 valence electrons. The van der Waals surface area contributed by atoms with Crippen molar-refractivity contribution in [1.82, 2.24) is 9.78 Å². The lowest BCUT2D eigenvalue weighted by Crippen LogP contribution is -2.21. The zero-order valence-corrected chi connectivity index (χ0v) is 10.1. The summed E-state index contributed by atoms with van der Waals surface area (Å²) in [5.74, 6) is -2.47. The number of hydrogen-bond donors (Lipinski definition) is 0. The number of fused-ring (bicyclic) bond motifs is 3. The molecule has 3 aliphatic rings. The van der Waals surface area contributed by atoms with Crippen LogP contribution in [0.3, 0.4) is 0 Å². The first kappa shape index (κ1) is 10.0. The van der Waals surface area contributed by atoms with E-state index in [9.17, 15) is 8.78 Å². The Hall–Kier alpha value is -0.930. The van der Waals surface area contributed by atoms with Crippen molar-refractivity contribution in [2.75, 3.05) is 0 Å². The standard InChI is InChI=1S/C13H16F2N2/c1-6(2)17-12-10(11(16-17)7-3-4-7)8-5-9(8)13(12,14)15/h6-9H,3-5H2,1-2H3/t8-,9+/m1/s1. The van der Waals surface area contributed by atoms with E-state index in [0.717, 1.165) is 24.1 Å². The van der Waals surface area contributed by atoms with Gasteiger partial charge in [-0.15, -0.1) is 0 Å². The summed E-state index contributed by atoms with van der Waals surface area (Å²) in [5, 5.41) is 4.50. The molecule has 0 bridgehead atoms. The van der Waals surface area contributed by atoms with E-state index in [2.05, 4.69) is 5.10 Å². The van der Waals surface area contributed by atoms with Crippen molar-refractivity contribution in [3.63, 3.8) is 0 Å². The number of nitrogens with zero attached hydrogens (tertiary/aromatic N) is 2. The molecule has 4 heteroatoms. The number of aromatic nitrogens is 2. The van der Waals surface area contributed by atoms with Crippen LogP contribution in [0.2, 0.25) is 0 Å². The highest BCUT2D eigenvalue weighted by Gasteiger charge is 2.67. The van der Waals surface area contributed by atoms with Crippen molar-refractivity contribution < 1.29 is 8.78 Å². The highest BCUT2D eigenvalue weighted by Crippen LogP contribution is 2.69. The Balaban J connectivity index is 1.95. The van der Waals surface area contributed by atoms with Crippen LogP contribution in [-0.4, -0.2) is 9.78 Å². The second-order valence-electron chi connectivity index (χ2n) is 6.03. The lowest BCUT2D eigenvalue weighted by molar-refractivity contribution is -0.0318. The topological polar surface area (TPSA) is 17.8 Å². The molecule has 3 aliphatic carbocycles. The van der Waals surface area contributed by atoms with Crippen molar-refractivity contribution in [3.8, 4) is 0 Å². The molecule has 1 aromatic heterocycles. The summed E-state index contributed by atoms with van der Waals surface area (Å²) in [7, 11) is 0. The Morgan fingerprint density at radius 2 is 2.06 bits per heavy atom. The molecule has 2 fully saturated rings. The van der Waals surface area contributed by atoms with Crippen molar-refractivity contribution in [2.24, 2.45) is 5.92 Å². The first-order valence-corrected chi connectivity index (χ1v) is 6.52. The van der Waals surface area contributed by atoms with Crippen LogP contribution in [-0.2, 0) is 5.92 Å². The van der Waals surface area contributed by atoms with Gasteiger partial charge in [-0.3, -0.25) is 4.68 Å². The Bertz CT molecular complexity index is 500.